The van der Waals surface area contributed by atoms with E-state index in [-0.39, 0.29) is 18.4 Å². The Bertz CT molecular complexity index is 588. The molecule has 2 aromatic rings. The summed E-state index contributed by atoms with van der Waals surface area (Å²) in [7, 11) is 0. The third-order valence-corrected chi connectivity index (χ3v) is 3.20. The van der Waals surface area contributed by atoms with Crippen LogP contribution >= 0.6 is 27.3 Å². The Kier molecular flexibility index (Phi) is 4.58. The van der Waals surface area contributed by atoms with E-state index in [4.69, 9.17) is 0 Å². The molecule has 98 valence electrons. The molecule has 0 radical (unpaired) electrons. The van der Waals surface area contributed by atoms with Gasteiger partial charge in [-0.3, -0.25) is 14.9 Å². The number of carbonyl (C=O) groups excluding carboxylic acids is 2. The highest BCUT2D eigenvalue weighted by Crippen LogP contribution is 2.11. The Labute approximate surface area is 121 Å². The Balaban J connectivity index is 1.85. The first kappa shape index (κ1) is 13.6. The molecule has 0 aliphatic rings. The predicted molar refractivity (Wildman–Crippen MR) is 75.0 cm³/mol. The number of nitrogens with zero attached hydrogens (tertiary/aromatic N) is 2. The summed E-state index contributed by atoms with van der Waals surface area (Å²) in [5.41, 5.74) is 1.99. The van der Waals surface area contributed by atoms with Crippen LogP contribution in [0.2, 0.25) is 0 Å². The quantitative estimate of drug-likeness (QED) is 0.886. The maximum atomic E-state index is 11.8. The Morgan fingerprint density at radius 3 is 2.89 bits per heavy atom. The molecule has 0 unspecified atom stereocenters. The van der Waals surface area contributed by atoms with Gasteiger partial charge < -0.3 is 5.32 Å². The van der Waals surface area contributed by atoms with Crippen molar-refractivity contribution in [3.63, 3.8) is 0 Å². The number of hydrogen-bond acceptors (Lipinski definition) is 5. The molecule has 1 aromatic heterocycles. The number of anilines is 1. The fraction of sp³-hybridized carbons (Fsp3) is 0.0909. The number of hydrogen-bond donors (Lipinski definition) is 2. The lowest BCUT2D eigenvalue weighted by Gasteiger charge is -2.05. The average Bonchev–Trinajstić information content (AvgIpc) is 2.88. The van der Waals surface area contributed by atoms with E-state index in [0.717, 1.165) is 4.47 Å². The van der Waals surface area contributed by atoms with Crippen molar-refractivity contribution >= 4 is 44.2 Å². The van der Waals surface area contributed by atoms with Gasteiger partial charge in [0.1, 0.15) is 5.51 Å². The molecule has 0 spiro atoms. The van der Waals surface area contributed by atoms with Crippen molar-refractivity contribution < 1.29 is 9.59 Å². The van der Waals surface area contributed by atoms with E-state index in [2.05, 4.69) is 36.8 Å². The van der Waals surface area contributed by atoms with Gasteiger partial charge in [-0.05, 0) is 18.2 Å². The summed E-state index contributed by atoms with van der Waals surface area (Å²) in [4.78, 5) is 23.3. The zero-order chi connectivity index (χ0) is 13.7. The summed E-state index contributed by atoms with van der Waals surface area (Å²) in [6, 6.07) is 6.92. The Hall–Kier alpha value is -1.80. The minimum atomic E-state index is -0.347. The predicted octanol–water partition coefficient (Wildman–Crippen LogP) is 1.67. The lowest BCUT2D eigenvalue weighted by molar-refractivity contribution is -0.115. The summed E-state index contributed by atoms with van der Waals surface area (Å²) < 4.78 is 0.804. The smallest absolute Gasteiger partial charge is 0.251 e. The van der Waals surface area contributed by atoms with Crippen LogP contribution in [0.15, 0.2) is 34.2 Å². The summed E-state index contributed by atoms with van der Waals surface area (Å²) in [5.74, 6) is -0.659. The Morgan fingerprint density at radius 1 is 1.37 bits per heavy atom. The highest BCUT2D eigenvalue weighted by Gasteiger charge is 2.09. The SMILES string of the molecule is O=C(CNC(=O)c1cccc(Br)c1)Nc1nncs1. The van der Waals surface area contributed by atoms with E-state index >= 15 is 0 Å². The van der Waals surface area contributed by atoms with Crippen LogP contribution in [-0.4, -0.2) is 28.6 Å². The van der Waals surface area contributed by atoms with Gasteiger partial charge in [-0.25, -0.2) is 0 Å². The standard InChI is InChI=1S/C11H9BrN4O2S/c12-8-3-1-2-7(4-8)10(18)13-5-9(17)15-11-16-14-6-19-11/h1-4,6H,5H2,(H,13,18)(H,15,16,17). The highest BCUT2D eigenvalue weighted by molar-refractivity contribution is 9.10. The normalized spacial score (nSPS) is 9.95. The van der Waals surface area contributed by atoms with Crippen LogP contribution in [0, 0.1) is 0 Å². The number of aromatic nitrogens is 2. The summed E-state index contributed by atoms with van der Waals surface area (Å²) in [5, 5.41) is 12.7. The average molecular weight is 341 g/mol. The van der Waals surface area contributed by atoms with Crippen molar-refractivity contribution in [2.24, 2.45) is 0 Å². The second-order valence-electron chi connectivity index (χ2n) is 3.49. The molecule has 0 aliphatic heterocycles. The zero-order valence-corrected chi connectivity index (χ0v) is 12.0. The number of halogens is 1. The van der Waals surface area contributed by atoms with Crippen LogP contribution in [0.1, 0.15) is 10.4 Å². The van der Waals surface area contributed by atoms with E-state index in [1.54, 1.807) is 18.2 Å². The third-order valence-electron chi connectivity index (χ3n) is 2.10. The van der Waals surface area contributed by atoms with Gasteiger partial charge in [-0.1, -0.05) is 33.3 Å². The maximum Gasteiger partial charge on any atom is 0.251 e. The largest absolute Gasteiger partial charge is 0.343 e. The molecule has 8 heteroatoms. The fourth-order valence-corrected chi connectivity index (χ4v) is 2.14. The van der Waals surface area contributed by atoms with Crippen LogP contribution in [0.25, 0.3) is 0 Å². The van der Waals surface area contributed by atoms with Gasteiger partial charge in [-0.15, -0.1) is 10.2 Å². The van der Waals surface area contributed by atoms with E-state index in [9.17, 15) is 9.59 Å². The molecule has 2 amide bonds. The molecule has 0 saturated heterocycles. The molecule has 6 nitrogen and oxygen atoms in total. The molecule has 0 fully saturated rings. The van der Waals surface area contributed by atoms with Gasteiger partial charge >= 0.3 is 0 Å². The fourth-order valence-electron chi connectivity index (χ4n) is 1.28. The molecule has 1 aromatic carbocycles. The van der Waals surface area contributed by atoms with Crippen LogP contribution in [-0.2, 0) is 4.79 Å². The van der Waals surface area contributed by atoms with Crippen molar-refractivity contribution in [2.45, 2.75) is 0 Å². The third kappa shape index (κ3) is 4.11. The van der Waals surface area contributed by atoms with Gasteiger partial charge in [0.25, 0.3) is 5.91 Å². The molecular weight excluding hydrogens is 332 g/mol. The van der Waals surface area contributed by atoms with Crippen molar-refractivity contribution in [1.82, 2.24) is 15.5 Å². The van der Waals surface area contributed by atoms with Gasteiger partial charge in [0.15, 0.2) is 0 Å². The van der Waals surface area contributed by atoms with Crippen molar-refractivity contribution in [2.75, 3.05) is 11.9 Å². The van der Waals surface area contributed by atoms with E-state index in [1.807, 2.05) is 6.07 Å². The lowest BCUT2D eigenvalue weighted by Crippen LogP contribution is -2.32. The molecular formula is C11H9BrN4O2S. The number of nitrogens with one attached hydrogen (secondary N) is 2. The highest BCUT2D eigenvalue weighted by atomic mass is 79.9. The van der Waals surface area contributed by atoms with Gasteiger partial charge in [0, 0.05) is 10.0 Å². The number of benzene rings is 1. The molecule has 2 rings (SSSR count). The van der Waals surface area contributed by atoms with Crippen LogP contribution in [0.5, 0.6) is 0 Å². The summed E-state index contributed by atoms with van der Waals surface area (Å²) in [6.07, 6.45) is 0. The summed E-state index contributed by atoms with van der Waals surface area (Å²) >= 11 is 4.49. The first-order chi connectivity index (χ1) is 9.15. The first-order valence-corrected chi connectivity index (χ1v) is 6.92. The second kappa shape index (κ2) is 6.39. The van der Waals surface area contributed by atoms with Gasteiger partial charge in [0.2, 0.25) is 11.0 Å². The Morgan fingerprint density at radius 2 is 2.21 bits per heavy atom. The zero-order valence-electron chi connectivity index (χ0n) is 9.59. The molecule has 0 aliphatic carbocycles. The molecule has 1 heterocycles. The number of rotatable bonds is 4. The van der Waals surface area contributed by atoms with Crippen LogP contribution < -0.4 is 10.6 Å². The van der Waals surface area contributed by atoms with E-state index in [0.29, 0.717) is 10.7 Å². The molecule has 0 atom stereocenters. The number of carbonyl (C=O) groups is 2. The molecule has 19 heavy (non-hydrogen) atoms. The molecule has 2 N–H and O–H groups in total. The summed E-state index contributed by atoms with van der Waals surface area (Å²) in [6.45, 7) is -0.120. The second-order valence-corrected chi connectivity index (χ2v) is 5.23. The van der Waals surface area contributed by atoms with Crippen molar-refractivity contribution in [1.29, 1.82) is 0 Å². The minimum Gasteiger partial charge on any atom is -0.343 e. The van der Waals surface area contributed by atoms with Gasteiger partial charge in [0.05, 0.1) is 6.54 Å². The van der Waals surface area contributed by atoms with Crippen molar-refractivity contribution in [3.05, 3.63) is 39.8 Å². The van der Waals surface area contributed by atoms with E-state index in [1.165, 1.54) is 16.8 Å². The lowest BCUT2D eigenvalue weighted by atomic mass is 10.2. The van der Waals surface area contributed by atoms with Crippen LogP contribution in [0.4, 0.5) is 5.13 Å². The van der Waals surface area contributed by atoms with E-state index < -0.39 is 0 Å². The van der Waals surface area contributed by atoms with Gasteiger partial charge in [-0.2, -0.15) is 0 Å². The van der Waals surface area contributed by atoms with Crippen molar-refractivity contribution in [3.8, 4) is 0 Å². The minimum absolute atomic E-state index is 0.120. The monoisotopic (exact) mass is 340 g/mol. The molecule has 0 bridgehead atoms. The maximum absolute atomic E-state index is 11.8. The van der Waals surface area contributed by atoms with Crippen LogP contribution in [0.3, 0.4) is 0 Å². The number of amides is 2. The first-order valence-electron chi connectivity index (χ1n) is 5.25. The topological polar surface area (TPSA) is 84.0 Å². The molecule has 0 saturated carbocycles.